The summed E-state index contributed by atoms with van der Waals surface area (Å²) in [6.45, 7) is 5.88. The van der Waals surface area contributed by atoms with Crippen LogP contribution in [0.2, 0.25) is 0 Å². The van der Waals surface area contributed by atoms with Crippen LogP contribution < -0.4 is 4.74 Å². The van der Waals surface area contributed by atoms with E-state index in [1.807, 2.05) is 31.2 Å². The van der Waals surface area contributed by atoms with Crippen molar-refractivity contribution in [2.75, 3.05) is 19.8 Å². The Bertz CT molecular complexity index is 280. The molecule has 16 heavy (non-hydrogen) atoms. The summed E-state index contributed by atoms with van der Waals surface area (Å²) in [7, 11) is 0. The Morgan fingerprint density at radius 2 is 1.88 bits per heavy atom. The third-order valence-corrected chi connectivity index (χ3v) is 2.27. The van der Waals surface area contributed by atoms with E-state index < -0.39 is 6.10 Å². The fraction of sp³-hybridized carbons (Fsp3) is 0.538. The number of aliphatic hydroxyl groups is 1. The van der Waals surface area contributed by atoms with E-state index in [1.165, 1.54) is 0 Å². The summed E-state index contributed by atoms with van der Waals surface area (Å²) in [6.07, 6.45) is 0.471. The molecule has 0 radical (unpaired) electrons. The average molecular weight is 224 g/mol. The molecule has 1 aromatic carbocycles. The zero-order chi connectivity index (χ0) is 11.8. The molecule has 90 valence electrons. The van der Waals surface area contributed by atoms with E-state index in [0.717, 1.165) is 30.9 Å². The molecule has 0 fully saturated rings. The van der Waals surface area contributed by atoms with E-state index >= 15 is 0 Å². The first-order valence-electron chi connectivity index (χ1n) is 5.72. The molecule has 1 aromatic rings. The minimum atomic E-state index is -0.424. The molecule has 0 saturated carbocycles. The maximum atomic E-state index is 9.33. The predicted octanol–water partition coefficient (Wildman–Crippen LogP) is 2.55. The SMILES string of the molecule is CCOCCCOc1ccc([C@@H](C)O)cc1. The largest absolute Gasteiger partial charge is 0.494 e. The van der Waals surface area contributed by atoms with Crippen LogP contribution in [0.4, 0.5) is 0 Å². The lowest BCUT2D eigenvalue weighted by Gasteiger charge is -2.08. The molecule has 0 amide bonds. The van der Waals surface area contributed by atoms with E-state index in [2.05, 4.69) is 0 Å². The van der Waals surface area contributed by atoms with Crippen LogP contribution in [0.5, 0.6) is 5.75 Å². The molecule has 0 spiro atoms. The number of ether oxygens (including phenoxy) is 2. The highest BCUT2D eigenvalue weighted by atomic mass is 16.5. The molecule has 0 aliphatic carbocycles. The van der Waals surface area contributed by atoms with Gasteiger partial charge in [-0.1, -0.05) is 12.1 Å². The van der Waals surface area contributed by atoms with Crippen molar-refractivity contribution in [3.05, 3.63) is 29.8 Å². The van der Waals surface area contributed by atoms with E-state index in [9.17, 15) is 5.11 Å². The van der Waals surface area contributed by atoms with Gasteiger partial charge >= 0.3 is 0 Å². The van der Waals surface area contributed by atoms with Crippen LogP contribution in [0.15, 0.2) is 24.3 Å². The van der Waals surface area contributed by atoms with Crippen molar-refractivity contribution < 1.29 is 14.6 Å². The summed E-state index contributed by atoms with van der Waals surface area (Å²) in [5.41, 5.74) is 0.904. The van der Waals surface area contributed by atoms with Gasteiger partial charge in [0.2, 0.25) is 0 Å². The number of aliphatic hydroxyl groups excluding tert-OH is 1. The van der Waals surface area contributed by atoms with Crippen LogP contribution in [-0.2, 0) is 4.74 Å². The number of benzene rings is 1. The third kappa shape index (κ3) is 4.64. The van der Waals surface area contributed by atoms with Crippen LogP contribution in [0.3, 0.4) is 0 Å². The Hall–Kier alpha value is -1.06. The van der Waals surface area contributed by atoms with Crippen molar-refractivity contribution in [1.29, 1.82) is 0 Å². The van der Waals surface area contributed by atoms with E-state index in [4.69, 9.17) is 9.47 Å². The number of hydrogen-bond acceptors (Lipinski definition) is 3. The van der Waals surface area contributed by atoms with E-state index in [0.29, 0.717) is 6.61 Å². The second kappa shape index (κ2) is 7.25. The molecule has 3 nitrogen and oxygen atoms in total. The monoisotopic (exact) mass is 224 g/mol. The average Bonchev–Trinajstić information content (AvgIpc) is 2.29. The molecule has 3 heteroatoms. The maximum Gasteiger partial charge on any atom is 0.119 e. The normalized spacial score (nSPS) is 12.4. The molecule has 0 bridgehead atoms. The van der Waals surface area contributed by atoms with Gasteiger partial charge in [0.1, 0.15) is 5.75 Å². The first-order chi connectivity index (χ1) is 7.74. The molecule has 0 heterocycles. The lowest BCUT2D eigenvalue weighted by molar-refractivity contribution is 0.131. The van der Waals surface area contributed by atoms with Gasteiger partial charge in [0.15, 0.2) is 0 Å². The van der Waals surface area contributed by atoms with E-state index in [-0.39, 0.29) is 0 Å². The van der Waals surface area contributed by atoms with Gasteiger partial charge in [-0.05, 0) is 31.5 Å². The topological polar surface area (TPSA) is 38.7 Å². The first kappa shape index (κ1) is 13.0. The highest BCUT2D eigenvalue weighted by molar-refractivity contribution is 5.28. The molecule has 1 rings (SSSR count). The smallest absolute Gasteiger partial charge is 0.119 e. The molecule has 0 aliphatic heterocycles. The zero-order valence-corrected chi connectivity index (χ0v) is 9.98. The van der Waals surface area contributed by atoms with Crippen molar-refractivity contribution in [2.45, 2.75) is 26.4 Å². The van der Waals surface area contributed by atoms with E-state index in [1.54, 1.807) is 6.92 Å². The Kier molecular flexibility index (Phi) is 5.90. The van der Waals surface area contributed by atoms with Crippen LogP contribution in [0.25, 0.3) is 0 Å². The Labute approximate surface area is 97.0 Å². The molecule has 0 unspecified atom stereocenters. The second-order valence-corrected chi connectivity index (χ2v) is 3.64. The molecule has 0 aromatic heterocycles. The van der Waals surface area contributed by atoms with Crippen LogP contribution >= 0.6 is 0 Å². The highest BCUT2D eigenvalue weighted by Crippen LogP contribution is 2.17. The molecule has 0 aliphatic rings. The molecule has 1 atom stereocenters. The van der Waals surface area contributed by atoms with Crippen LogP contribution in [0, 0.1) is 0 Å². The number of rotatable bonds is 7. The van der Waals surface area contributed by atoms with Crippen molar-refractivity contribution in [1.82, 2.24) is 0 Å². The Morgan fingerprint density at radius 1 is 1.19 bits per heavy atom. The summed E-state index contributed by atoms with van der Waals surface area (Å²) in [4.78, 5) is 0. The summed E-state index contributed by atoms with van der Waals surface area (Å²) in [5, 5.41) is 9.33. The van der Waals surface area contributed by atoms with Gasteiger partial charge in [0.25, 0.3) is 0 Å². The lowest BCUT2D eigenvalue weighted by atomic mass is 10.1. The molecular formula is C13H20O3. The highest BCUT2D eigenvalue weighted by Gasteiger charge is 2.00. The number of hydrogen-bond donors (Lipinski definition) is 1. The second-order valence-electron chi connectivity index (χ2n) is 3.64. The van der Waals surface area contributed by atoms with Gasteiger partial charge in [0, 0.05) is 19.6 Å². The van der Waals surface area contributed by atoms with Crippen molar-refractivity contribution in [3.63, 3.8) is 0 Å². The predicted molar refractivity (Wildman–Crippen MR) is 63.7 cm³/mol. The lowest BCUT2D eigenvalue weighted by Crippen LogP contribution is -2.03. The quantitative estimate of drug-likeness (QED) is 0.723. The maximum absolute atomic E-state index is 9.33. The van der Waals surface area contributed by atoms with Crippen molar-refractivity contribution >= 4 is 0 Å². The Morgan fingerprint density at radius 3 is 2.44 bits per heavy atom. The fourth-order valence-electron chi connectivity index (χ4n) is 1.34. The summed E-state index contributed by atoms with van der Waals surface area (Å²) in [5.74, 6) is 0.834. The van der Waals surface area contributed by atoms with Crippen molar-refractivity contribution in [3.8, 4) is 5.75 Å². The molecule has 0 saturated heterocycles. The standard InChI is InChI=1S/C13H20O3/c1-3-15-9-4-10-16-13-7-5-12(6-8-13)11(2)14/h5-8,11,14H,3-4,9-10H2,1-2H3/t11-/m1/s1. The summed E-state index contributed by atoms with van der Waals surface area (Å²) in [6, 6.07) is 7.51. The van der Waals surface area contributed by atoms with Gasteiger partial charge in [-0.3, -0.25) is 0 Å². The summed E-state index contributed by atoms with van der Waals surface area (Å²) < 4.78 is 10.7. The molecular weight excluding hydrogens is 204 g/mol. The van der Waals surface area contributed by atoms with Crippen LogP contribution in [-0.4, -0.2) is 24.9 Å². The van der Waals surface area contributed by atoms with Crippen molar-refractivity contribution in [2.24, 2.45) is 0 Å². The fourth-order valence-corrected chi connectivity index (χ4v) is 1.34. The van der Waals surface area contributed by atoms with Gasteiger partial charge in [-0.15, -0.1) is 0 Å². The minimum absolute atomic E-state index is 0.424. The first-order valence-corrected chi connectivity index (χ1v) is 5.72. The van der Waals surface area contributed by atoms with Gasteiger partial charge in [-0.25, -0.2) is 0 Å². The van der Waals surface area contributed by atoms with Gasteiger partial charge in [0.05, 0.1) is 12.7 Å². The summed E-state index contributed by atoms with van der Waals surface area (Å²) >= 11 is 0. The van der Waals surface area contributed by atoms with Crippen LogP contribution in [0.1, 0.15) is 31.9 Å². The zero-order valence-electron chi connectivity index (χ0n) is 9.98. The van der Waals surface area contributed by atoms with Gasteiger partial charge < -0.3 is 14.6 Å². The Balaban J connectivity index is 2.27. The molecule has 1 N–H and O–H groups in total. The third-order valence-electron chi connectivity index (χ3n) is 2.27. The minimum Gasteiger partial charge on any atom is -0.494 e. The van der Waals surface area contributed by atoms with Gasteiger partial charge in [-0.2, -0.15) is 0 Å².